The monoisotopic (exact) mass is 332 g/mol. The number of hydrogen-bond donors (Lipinski definition) is 1. The van der Waals surface area contributed by atoms with Crippen LogP contribution in [-0.4, -0.2) is 44.7 Å². The number of nitrogens with one attached hydrogen (secondary N) is 1. The van der Waals surface area contributed by atoms with Gasteiger partial charge in [0.2, 0.25) is 5.91 Å². The van der Waals surface area contributed by atoms with Crippen molar-refractivity contribution < 1.29 is 14.3 Å². The predicted octanol–water partition coefficient (Wildman–Crippen LogP) is 3.15. The van der Waals surface area contributed by atoms with E-state index in [-0.39, 0.29) is 5.91 Å². The Kier molecular flexibility index (Phi) is 5.61. The van der Waals surface area contributed by atoms with Crippen molar-refractivity contribution in [2.75, 3.05) is 39.2 Å². The van der Waals surface area contributed by atoms with Gasteiger partial charge in [0.1, 0.15) is 11.5 Å². The van der Waals surface area contributed by atoms with Gasteiger partial charge in [0, 0.05) is 12.6 Å². The fourth-order valence-corrected chi connectivity index (χ4v) is 4.11. The van der Waals surface area contributed by atoms with E-state index in [0.29, 0.717) is 23.7 Å². The highest BCUT2D eigenvalue weighted by Crippen LogP contribution is 2.36. The highest BCUT2D eigenvalue weighted by molar-refractivity contribution is 5.93. The van der Waals surface area contributed by atoms with E-state index in [2.05, 4.69) is 10.2 Å². The van der Waals surface area contributed by atoms with Crippen LogP contribution >= 0.6 is 0 Å². The highest BCUT2D eigenvalue weighted by Gasteiger charge is 2.31. The van der Waals surface area contributed by atoms with Crippen molar-refractivity contribution in [3.05, 3.63) is 18.2 Å². The normalized spacial score (nSPS) is 24.1. The summed E-state index contributed by atoms with van der Waals surface area (Å²) in [5, 5.41) is 2.97. The van der Waals surface area contributed by atoms with Gasteiger partial charge >= 0.3 is 0 Å². The Labute approximate surface area is 144 Å². The maximum absolute atomic E-state index is 12.4. The molecule has 0 bridgehead atoms. The van der Waals surface area contributed by atoms with Crippen LogP contribution in [0.1, 0.15) is 32.1 Å². The van der Waals surface area contributed by atoms with Crippen molar-refractivity contribution in [1.82, 2.24) is 4.90 Å². The maximum atomic E-state index is 12.4. The average Bonchev–Trinajstić information content (AvgIpc) is 2.62. The number of benzene rings is 1. The number of nitrogens with zero attached hydrogens (tertiary/aromatic N) is 1. The average molecular weight is 332 g/mol. The number of methoxy groups -OCH3 is 2. The fraction of sp³-hybridized carbons (Fsp3) is 0.632. The van der Waals surface area contributed by atoms with E-state index in [4.69, 9.17) is 9.47 Å². The summed E-state index contributed by atoms with van der Waals surface area (Å²) >= 11 is 0. The lowest BCUT2D eigenvalue weighted by Crippen LogP contribution is -2.44. The topological polar surface area (TPSA) is 50.8 Å². The zero-order chi connectivity index (χ0) is 16.9. The number of anilines is 1. The van der Waals surface area contributed by atoms with E-state index >= 15 is 0 Å². The number of rotatable bonds is 5. The Balaban J connectivity index is 1.56. The Bertz CT molecular complexity index is 576. The fourth-order valence-electron chi connectivity index (χ4n) is 4.11. The maximum Gasteiger partial charge on any atom is 0.238 e. The molecule has 132 valence electrons. The van der Waals surface area contributed by atoms with Crippen LogP contribution in [0.25, 0.3) is 0 Å². The highest BCUT2D eigenvalue weighted by atomic mass is 16.5. The molecule has 1 heterocycles. The molecule has 0 aromatic heterocycles. The number of ether oxygens (including phenoxy) is 2. The van der Waals surface area contributed by atoms with Gasteiger partial charge in [0.15, 0.2) is 0 Å². The Morgan fingerprint density at radius 1 is 1.17 bits per heavy atom. The van der Waals surface area contributed by atoms with Crippen molar-refractivity contribution in [1.29, 1.82) is 0 Å². The molecule has 0 unspecified atom stereocenters. The summed E-state index contributed by atoms with van der Waals surface area (Å²) in [6.07, 6.45) is 6.69. The van der Waals surface area contributed by atoms with E-state index in [0.717, 1.165) is 24.9 Å². The second kappa shape index (κ2) is 7.88. The van der Waals surface area contributed by atoms with Crippen LogP contribution in [0.4, 0.5) is 5.69 Å². The molecular weight excluding hydrogens is 304 g/mol. The zero-order valence-electron chi connectivity index (χ0n) is 14.7. The number of carbonyl (C=O) groups is 1. The van der Waals surface area contributed by atoms with E-state index < -0.39 is 0 Å². The van der Waals surface area contributed by atoms with Crippen LogP contribution in [0, 0.1) is 11.8 Å². The molecule has 1 saturated heterocycles. The van der Waals surface area contributed by atoms with Gasteiger partial charge < -0.3 is 14.8 Å². The van der Waals surface area contributed by atoms with Crippen LogP contribution in [0.15, 0.2) is 18.2 Å². The zero-order valence-corrected chi connectivity index (χ0v) is 14.7. The predicted molar refractivity (Wildman–Crippen MR) is 94.7 cm³/mol. The Hall–Kier alpha value is -1.75. The Morgan fingerprint density at radius 2 is 1.96 bits per heavy atom. The van der Waals surface area contributed by atoms with Gasteiger partial charge in [-0.15, -0.1) is 0 Å². The van der Waals surface area contributed by atoms with Gasteiger partial charge in [0.05, 0.1) is 26.5 Å². The van der Waals surface area contributed by atoms with Crippen LogP contribution in [0.3, 0.4) is 0 Å². The van der Waals surface area contributed by atoms with Gasteiger partial charge in [-0.3, -0.25) is 9.69 Å². The standard InChI is InChI=1S/C19H28N2O3/c1-23-16-7-8-17(18(11-16)24-2)20-19(22)13-21-10-9-14-5-3-4-6-15(14)12-21/h7-8,11,14-15H,3-6,9-10,12-13H2,1-2H3,(H,20,22)/t14-,15+/m0/s1. The summed E-state index contributed by atoms with van der Waals surface area (Å²) in [6.45, 7) is 2.56. The molecule has 1 amide bonds. The van der Waals surface area contributed by atoms with Gasteiger partial charge in [0.25, 0.3) is 0 Å². The third kappa shape index (κ3) is 4.01. The van der Waals surface area contributed by atoms with Crippen molar-refractivity contribution in [3.63, 3.8) is 0 Å². The molecule has 0 spiro atoms. The second-order valence-electron chi connectivity index (χ2n) is 6.94. The molecule has 2 atom stereocenters. The minimum Gasteiger partial charge on any atom is -0.497 e. The number of hydrogen-bond acceptors (Lipinski definition) is 4. The summed E-state index contributed by atoms with van der Waals surface area (Å²) < 4.78 is 10.5. The molecular formula is C19H28N2O3. The van der Waals surface area contributed by atoms with Crippen LogP contribution in [0.2, 0.25) is 0 Å². The minimum absolute atomic E-state index is 0.0210. The lowest BCUT2D eigenvalue weighted by atomic mass is 9.75. The van der Waals surface area contributed by atoms with Crippen LogP contribution in [0.5, 0.6) is 11.5 Å². The number of fused-ring (bicyclic) bond motifs is 1. The lowest BCUT2D eigenvalue weighted by molar-refractivity contribution is -0.118. The number of piperidine rings is 1. The summed E-state index contributed by atoms with van der Waals surface area (Å²) in [4.78, 5) is 14.7. The third-order valence-electron chi connectivity index (χ3n) is 5.43. The molecule has 1 aromatic rings. The van der Waals surface area contributed by atoms with Gasteiger partial charge in [-0.25, -0.2) is 0 Å². The van der Waals surface area contributed by atoms with Crippen molar-refractivity contribution in [2.45, 2.75) is 32.1 Å². The number of carbonyl (C=O) groups excluding carboxylic acids is 1. The number of amides is 1. The van der Waals surface area contributed by atoms with E-state index in [1.807, 2.05) is 12.1 Å². The summed E-state index contributed by atoms with van der Waals surface area (Å²) in [5.41, 5.74) is 0.691. The minimum atomic E-state index is 0.0210. The lowest BCUT2D eigenvalue weighted by Gasteiger charge is -2.41. The van der Waals surface area contributed by atoms with Crippen LogP contribution in [-0.2, 0) is 4.79 Å². The molecule has 5 heteroatoms. The smallest absolute Gasteiger partial charge is 0.238 e. The van der Waals surface area contributed by atoms with Gasteiger partial charge in [-0.1, -0.05) is 19.3 Å². The van der Waals surface area contributed by atoms with E-state index in [1.54, 1.807) is 20.3 Å². The first kappa shape index (κ1) is 17.1. The van der Waals surface area contributed by atoms with Gasteiger partial charge in [-0.2, -0.15) is 0 Å². The first-order valence-electron chi connectivity index (χ1n) is 8.94. The molecule has 1 aromatic carbocycles. The summed E-state index contributed by atoms with van der Waals surface area (Å²) in [6, 6.07) is 5.43. The third-order valence-corrected chi connectivity index (χ3v) is 5.43. The van der Waals surface area contributed by atoms with E-state index in [1.165, 1.54) is 32.1 Å². The molecule has 2 aliphatic rings. The quantitative estimate of drug-likeness (QED) is 0.900. The number of likely N-dealkylation sites (tertiary alicyclic amines) is 1. The summed E-state index contributed by atoms with van der Waals surface area (Å²) in [7, 11) is 3.21. The van der Waals surface area contributed by atoms with Crippen molar-refractivity contribution in [3.8, 4) is 11.5 Å². The molecule has 5 nitrogen and oxygen atoms in total. The second-order valence-corrected chi connectivity index (χ2v) is 6.94. The Morgan fingerprint density at radius 3 is 2.71 bits per heavy atom. The first-order valence-corrected chi connectivity index (χ1v) is 8.94. The molecule has 0 radical (unpaired) electrons. The van der Waals surface area contributed by atoms with Crippen molar-refractivity contribution >= 4 is 11.6 Å². The van der Waals surface area contributed by atoms with Crippen LogP contribution < -0.4 is 14.8 Å². The summed E-state index contributed by atoms with van der Waals surface area (Å²) in [5.74, 6) is 3.03. The van der Waals surface area contributed by atoms with E-state index in [9.17, 15) is 4.79 Å². The molecule has 1 saturated carbocycles. The molecule has 24 heavy (non-hydrogen) atoms. The molecule has 1 aliphatic carbocycles. The van der Waals surface area contributed by atoms with Gasteiger partial charge in [-0.05, 0) is 43.4 Å². The first-order chi connectivity index (χ1) is 11.7. The molecule has 3 rings (SSSR count). The largest absolute Gasteiger partial charge is 0.497 e. The molecule has 1 aliphatic heterocycles. The molecule has 2 fully saturated rings. The molecule has 1 N–H and O–H groups in total. The van der Waals surface area contributed by atoms with Crippen molar-refractivity contribution in [2.24, 2.45) is 11.8 Å². The SMILES string of the molecule is COc1ccc(NC(=O)CN2CC[C@@H]3CCCC[C@@H]3C2)c(OC)c1.